The SMILES string of the molecule is COc1ccc([N+](=O)[O-])cc1NC(=O)NCCCOc1ccccc1C. The number of urea groups is 1. The molecular weight excluding hydrogens is 338 g/mol. The smallest absolute Gasteiger partial charge is 0.319 e. The van der Waals surface area contributed by atoms with Crippen molar-refractivity contribution in [2.45, 2.75) is 13.3 Å². The van der Waals surface area contributed by atoms with Crippen molar-refractivity contribution in [1.82, 2.24) is 5.32 Å². The molecule has 0 aromatic heterocycles. The van der Waals surface area contributed by atoms with Gasteiger partial charge in [0.05, 0.1) is 24.3 Å². The molecule has 0 unspecified atom stereocenters. The van der Waals surface area contributed by atoms with Crippen LogP contribution in [0.3, 0.4) is 0 Å². The second-order valence-corrected chi connectivity index (χ2v) is 5.49. The Labute approximate surface area is 151 Å². The van der Waals surface area contributed by atoms with E-state index in [4.69, 9.17) is 9.47 Å². The summed E-state index contributed by atoms with van der Waals surface area (Å²) in [5, 5.41) is 16.1. The molecule has 0 saturated carbocycles. The number of aryl methyl sites for hydroxylation is 1. The number of hydrogen-bond donors (Lipinski definition) is 2. The highest BCUT2D eigenvalue weighted by Crippen LogP contribution is 2.28. The van der Waals surface area contributed by atoms with Crippen LogP contribution in [0.25, 0.3) is 0 Å². The monoisotopic (exact) mass is 359 g/mol. The molecule has 2 aromatic carbocycles. The number of nitro benzene ring substituents is 1. The number of carbonyl (C=O) groups excluding carboxylic acids is 1. The molecule has 0 spiro atoms. The molecule has 2 N–H and O–H groups in total. The lowest BCUT2D eigenvalue weighted by Gasteiger charge is -2.12. The molecule has 0 aliphatic carbocycles. The molecule has 138 valence electrons. The molecule has 0 aliphatic heterocycles. The summed E-state index contributed by atoms with van der Waals surface area (Å²) in [4.78, 5) is 22.3. The van der Waals surface area contributed by atoms with E-state index in [9.17, 15) is 14.9 Å². The first kappa shape index (κ1) is 19.0. The Hall–Kier alpha value is -3.29. The topological polar surface area (TPSA) is 103 Å². The lowest BCUT2D eigenvalue weighted by Crippen LogP contribution is -2.30. The van der Waals surface area contributed by atoms with Gasteiger partial charge in [-0.05, 0) is 31.0 Å². The van der Waals surface area contributed by atoms with Gasteiger partial charge in [-0.25, -0.2) is 4.79 Å². The number of nitrogens with one attached hydrogen (secondary N) is 2. The maximum absolute atomic E-state index is 12.0. The van der Waals surface area contributed by atoms with E-state index in [0.29, 0.717) is 25.3 Å². The number of nitro groups is 1. The third kappa shape index (κ3) is 5.37. The number of rotatable bonds is 8. The Kier molecular flexibility index (Phi) is 6.78. The number of hydrogen-bond acceptors (Lipinski definition) is 5. The lowest BCUT2D eigenvalue weighted by atomic mass is 10.2. The van der Waals surface area contributed by atoms with Crippen LogP contribution >= 0.6 is 0 Å². The van der Waals surface area contributed by atoms with Gasteiger partial charge in [0.15, 0.2) is 0 Å². The van der Waals surface area contributed by atoms with Gasteiger partial charge in [-0.1, -0.05) is 18.2 Å². The number of para-hydroxylation sites is 1. The van der Waals surface area contributed by atoms with Crippen molar-refractivity contribution in [3.05, 3.63) is 58.1 Å². The lowest BCUT2D eigenvalue weighted by molar-refractivity contribution is -0.384. The van der Waals surface area contributed by atoms with Crippen molar-refractivity contribution in [3.63, 3.8) is 0 Å². The van der Waals surface area contributed by atoms with E-state index in [2.05, 4.69) is 10.6 Å². The Morgan fingerprint density at radius 1 is 1.19 bits per heavy atom. The van der Waals surface area contributed by atoms with Crippen LogP contribution in [0.5, 0.6) is 11.5 Å². The van der Waals surface area contributed by atoms with Gasteiger partial charge in [-0.15, -0.1) is 0 Å². The first-order chi connectivity index (χ1) is 12.5. The van der Waals surface area contributed by atoms with Crippen LogP contribution in [0, 0.1) is 17.0 Å². The highest BCUT2D eigenvalue weighted by Gasteiger charge is 2.13. The van der Waals surface area contributed by atoms with Crippen molar-refractivity contribution in [2.24, 2.45) is 0 Å². The molecule has 0 bridgehead atoms. The van der Waals surface area contributed by atoms with Gasteiger partial charge in [-0.2, -0.15) is 0 Å². The highest BCUT2D eigenvalue weighted by atomic mass is 16.6. The van der Waals surface area contributed by atoms with Gasteiger partial charge in [0.1, 0.15) is 11.5 Å². The summed E-state index contributed by atoms with van der Waals surface area (Å²) in [7, 11) is 1.42. The number of carbonyl (C=O) groups is 1. The van der Waals surface area contributed by atoms with Crippen LogP contribution in [0.4, 0.5) is 16.2 Å². The quantitative estimate of drug-likeness (QED) is 0.426. The minimum atomic E-state index is -0.536. The van der Waals surface area contributed by atoms with E-state index in [0.717, 1.165) is 11.3 Å². The van der Waals surface area contributed by atoms with Gasteiger partial charge < -0.3 is 20.1 Å². The molecule has 0 saturated heterocycles. The molecule has 8 heteroatoms. The molecule has 0 aliphatic rings. The molecule has 0 heterocycles. The van der Waals surface area contributed by atoms with Gasteiger partial charge in [0, 0.05) is 18.7 Å². The number of nitrogens with zero attached hydrogens (tertiary/aromatic N) is 1. The van der Waals surface area contributed by atoms with Gasteiger partial charge in [0.2, 0.25) is 0 Å². The average molecular weight is 359 g/mol. The maximum Gasteiger partial charge on any atom is 0.319 e. The predicted octanol–water partition coefficient (Wildman–Crippen LogP) is 3.50. The fourth-order valence-electron chi connectivity index (χ4n) is 2.25. The van der Waals surface area contributed by atoms with Crippen molar-refractivity contribution >= 4 is 17.4 Å². The van der Waals surface area contributed by atoms with Gasteiger partial charge >= 0.3 is 6.03 Å². The Morgan fingerprint density at radius 3 is 2.65 bits per heavy atom. The minimum absolute atomic E-state index is 0.132. The number of ether oxygens (including phenoxy) is 2. The summed E-state index contributed by atoms with van der Waals surface area (Å²) in [6.45, 7) is 2.83. The third-order valence-electron chi connectivity index (χ3n) is 3.60. The number of methoxy groups -OCH3 is 1. The van der Waals surface area contributed by atoms with Crippen LogP contribution in [0.15, 0.2) is 42.5 Å². The maximum atomic E-state index is 12.0. The van der Waals surface area contributed by atoms with Crippen molar-refractivity contribution in [2.75, 3.05) is 25.6 Å². The van der Waals surface area contributed by atoms with E-state index in [-0.39, 0.29) is 11.4 Å². The van der Waals surface area contributed by atoms with Crippen molar-refractivity contribution in [3.8, 4) is 11.5 Å². The fraction of sp³-hybridized carbons (Fsp3) is 0.278. The molecule has 26 heavy (non-hydrogen) atoms. The van der Waals surface area contributed by atoms with E-state index in [1.807, 2.05) is 31.2 Å². The van der Waals surface area contributed by atoms with Crippen molar-refractivity contribution in [1.29, 1.82) is 0 Å². The standard InChI is InChI=1S/C18H21N3O5/c1-13-6-3-4-7-16(13)26-11-5-10-19-18(22)20-15-12-14(21(23)24)8-9-17(15)25-2/h3-4,6-9,12H,5,10-11H2,1-2H3,(H2,19,20,22). The summed E-state index contributed by atoms with van der Waals surface area (Å²) >= 11 is 0. The zero-order valence-electron chi connectivity index (χ0n) is 14.7. The largest absolute Gasteiger partial charge is 0.495 e. The molecular formula is C18H21N3O5. The van der Waals surface area contributed by atoms with E-state index < -0.39 is 11.0 Å². The van der Waals surface area contributed by atoms with Crippen LogP contribution in [0.2, 0.25) is 0 Å². The van der Waals surface area contributed by atoms with Crippen LogP contribution < -0.4 is 20.1 Å². The number of benzene rings is 2. The molecule has 8 nitrogen and oxygen atoms in total. The number of amides is 2. The summed E-state index contributed by atoms with van der Waals surface area (Å²) in [6.07, 6.45) is 0.619. The molecule has 0 atom stereocenters. The van der Waals surface area contributed by atoms with E-state index >= 15 is 0 Å². The molecule has 2 amide bonds. The molecule has 0 radical (unpaired) electrons. The minimum Gasteiger partial charge on any atom is -0.495 e. The normalized spacial score (nSPS) is 10.1. The zero-order chi connectivity index (χ0) is 18.9. The molecule has 0 fully saturated rings. The second kappa shape index (κ2) is 9.26. The fourth-order valence-corrected chi connectivity index (χ4v) is 2.25. The summed E-state index contributed by atoms with van der Waals surface area (Å²) in [5.41, 5.74) is 1.15. The van der Waals surface area contributed by atoms with Crippen molar-refractivity contribution < 1.29 is 19.2 Å². The average Bonchev–Trinajstić information content (AvgIpc) is 2.62. The summed E-state index contributed by atoms with van der Waals surface area (Å²) < 4.78 is 10.7. The predicted molar refractivity (Wildman–Crippen MR) is 98.0 cm³/mol. The second-order valence-electron chi connectivity index (χ2n) is 5.49. The number of anilines is 1. The summed E-state index contributed by atoms with van der Waals surface area (Å²) in [5.74, 6) is 1.16. The van der Waals surface area contributed by atoms with Crippen LogP contribution in [-0.4, -0.2) is 31.2 Å². The first-order valence-electron chi connectivity index (χ1n) is 8.07. The summed E-state index contributed by atoms with van der Waals surface area (Å²) in [6, 6.07) is 11.2. The molecule has 2 aromatic rings. The van der Waals surface area contributed by atoms with Gasteiger partial charge in [0.25, 0.3) is 5.69 Å². The van der Waals surface area contributed by atoms with E-state index in [1.165, 1.54) is 25.3 Å². The third-order valence-corrected chi connectivity index (χ3v) is 3.60. The van der Waals surface area contributed by atoms with Crippen LogP contribution in [-0.2, 0) is 0 Å². The Balaban J connectivity index is 1.79. The Bertz CT molecular complexity index is 779. The van der Waals surface area contributed by atoms with Crippen LogP contribution in [0.1, 0.15) is 12.0 Å². The van der Waals surface area contributed by atoms with Gasteiger partial charge in [-0.3, -0.25) is 10.1 Å². The molecule has 2 rings (SSSR count). The highest BCUT2D eigenvalue weighted by molar-refractivity contribution is 5.91. The number of non-ortho nitro benzene ring substituents is 1. The Morgan fingerprint density at radius 2 is 1.96 bits per heavy atom. The zero-order valence-corrected chi connectivity index (χ0v) is 14.7. The van der Waals surface area contributed by atoms with E-state index in [1.54, 1.807) is 0 Å². The first-order valence-corrected chi connectivity index (χ1v) is 8.07.